The van der Waals surface area contributed by atoms with Crippen molar-refractivity contribution in [2.45, 2.75) is 206 Å². The van der Waals surface area contributed by atoms with E-state index in [1.54, 1.807) is 0 Å². The predicted molar refractivity (Wildman–Crippen MR) is 214 cm³/mol. The van der Waals surface area contributed by atoms with Gasteiger partial charge in [-0.25, -0.2) is 4.57 Å². The lowest BCUT2D eigenvalue weighted by Crippen LogP contribution is -2.29. The highest BCUT2D eigenvalue weighted by Gasteiger charge is 2.26. The first-order chi connectivity index (χ1) is 25.3. The zero-order valence-corrected chi connectivity index (χ0v) is 34.4. The smallest absolute Gasteiger partial charge is 0.457 e. The zero-order chi connectivity index (χ0) is 38.2. The van der Waals surface area contributed by atoms with Crippen LogP contribution in [0.25, 0.3) is 0 Å². The fraction of sp³-hybridized carbons (Fsp3) is 0.881. The Hall–Kier alpha value is -1.06. The molecule has 9 nitrogen and oxygen atoms in total. The molecule has 10 heteroatoms. The molecule has 0 rings (SSSR count). The number of ether oxygens (including phenoxy) is 2. The third-order valence-electron chi connectivity index (χ3n) is 9.11. The summed E-state index contributed by atoms with van der Waals surface area (Å²) in [6, 6.07) is 0. The lowest BCUT2D eigenvalue weighted by molar-refractivity contribution is -0.154. The molecular formula is C42H81O9P. The molecule has 0 saturated carbocycles. The highest BCUT2D eigenvalue weighted by Crippen LogP contribution is 2.43. The number of hydrogen-bond donors (Lipinski definition) is 3. The van der Waals surface area contributed by atoms with Gasteiger partial charge in [-0.2, -0.15) is 0 Å². The maximum Gasteiger partial charge on any atom is 0.472 e. The lowest BCUT2D eigenvalue weighted by Gasteiger charge is -2.20. The molecule has 0 aliphatic rings. The Bertz CT molecular complexity index is 866. The summed E-state index contributed by atoms with van der Waals surface area (Å²) in [5, 5.41) is 18.3. The Morgan fingerprint density at radius 2 is 0.981 bits per heavy atom. The second kappa shape index (κ2) is 39.6. The van der Waals surface area contributed by atoms with E-state index in [9.17, 15) is 19.4 Å². The van der Waals surface area contributed by atoms with Crippen LogP contribution in [0.1, 0.15) is 194 Å². The number of phosphoric acid groups is 1. The van der Waals surface area contributed by atoms with E-state index in [1.165, 1.54) is 116 Å². The fourth-order valence-corrected chi connectivity index (χ4v) is 6.60. The highest BCUT2D eigenvalue weighted by atomic mass is 31.2. The summed E-state index contributed by atoms with van der Waals surface area (Å²) in [6.07, 6.45) is 39.9. The summed E-state index contributed by atoms with van der Waals surface area (Å²) in [7, 11) is -4.51. The molecule has 0 heterocycles. The number of aliphatic hydroxyl groups excluding tert-OH is 2. The zero-order valence-electron chi connectivity index (χ0n) is 33.5. The van der Waals surface area contributed by atoms with Crippen LogP contribution >= 0.6 is 7.82 Å². The predicted octanol–water partition coefficient (Wildman–Crippen LogP) is 11.5. The van der Waals surface area contributed by atoms with E-state index in [0.717, 1.165) is 57.8 Å². The number of carbonyl (C=O) groups excluding carboxylic acids is 1. The molecule has 0 radical (unpaired) electrons. The van der Waals surface area contributed by atoms with E-state index < -0.39 is 39.2 Å². The van der Waals surface area contributed by atoms with Crippen LogP contribution in [0, 0.1) is 0 Å². The van der Waals surface area contributed by atoms with E-state index in [4.69, 9.17) is 23.6 Å². The van der Waals surface area contributed by atoms with Crippen molar-refractivity contribution < 1.29 is 43.0 Å². The lowest BCUT2D eigenvalue weighted by atomic mass is 10.1. The molecule has 0 saturated heterocycles. The summed E-state index contributed by atoms with van der Waals surface area (Å²) in [4.78, 5) is 22.5. The van der Waals surface area contributed by atoms with Crippen LogP contribution in [0.15, 0.2) is 24.3 Å². The molecular weight excluding hydrogens is 679 g/mol. The third kappa shape index (κ3) is 38.7. The van der Waals surface area contributed by atoms with Gasteiger partial charge < -0.3 is 24.6 Å². The topological polar surface area (TPSA) is 132 Å². The first kappa shape index (κ1) is 50.9. The number of rotatable bonds is 41. The average Bonchev–Trinajstić information content (AvgIpc) is 3.13. The third-order valence-corrected chi connectivity index (χ3v) is 10.1. The quantitative estimate of drug-likeness (QED) is 0.0241. The van der Waals surface area contributed by atoms with Crippen molar-refractivity contribution in [3.8, 4) is 0 Å². The van der Waals surface area contributed by atoms with Crippen molar-refractivity contribution in [3.63, 3.8) is 0 Å². The van der Waals surface area contributed by atoms with Crippen LogP contribution in [-0.4, -0.2) is 66.3 Å². The molecule has 52 heavy (non-hydrogen) atoms. The largest absolute Gasteiger partial charge is 0.472 e. The van der Waals surface area contributed by atoms with Crippen molar-refractivity contribution >= 4 is 13.8 Å². The monoisotopic (exact) mass is 761 g/mol. The Labute approximate surface area is 319 Å². The van der Waals surface area contributed by atoms with Crippen molar-refractivity contribution in [2.75, 3.05) is 33.0 Å². The van der Waals surface area contributed by atoms with Gasteiger partial charge in [-0.15, -0.1) is 0 Å². The van der Waals surface area contributed by atoms with Crippen molar-refractivity contribution in [1.82, 2.24) is 0 Å². The summed E-state index contributed by atoms with van der Waals surface area (Å²) < 4.78 is 33.3. The SMILES string of the molecule is CCCCCC/C=C\CCCCCCCC(=O)OC(COCCCCCCCCCC/C=C\CCCCCCCC)COP(=O)(O)OCC(O)CO. The molecule has 0 aliphatic carbocycles. The molecule has 0 fully saturated rings. The molecule has 0 spiro atoms. The van der Waals surface area contributed by atoms with Crippen LogP contribution in [0.5, 0.6) is 0 Å². The maximum atomic E-state index is 12.6. The van der Waals surface area contributed by atoms with E-state index in [2.05, 4.69) is 38.2 Å². The van der Waals surface area contributed by atoms with Gasteiger partial charge in [0.15, 0.2) is 0 Å². The molecule has 3 atom stereocenters. The highest BCUT2D eigenvalue weighted by molar-refractivity contribution is 7.47. The van der Waals surface area contributed by atoms with Gasteiger partial charge in [0.2, 0.25) is 0 Å². The first-order valence-corrected chi connectivity index (χ1v) is 22.8. The molecule has 0 aromatic carbocycles. The molecule has 0 bridgehead atoms. The number of unbranched alkanes of at least 4 members (excludes halogenated alkanes) is 23. The molecule has 3 N–H and O–H groups in total. The Kier molecular flexibility index (Phi) is 38.8. The van der Waals surface area contributed by atoms with Crippen molar-refractivity contribution in [2.24, 2.45) is 0 Å². The van der Waals surface area contributed by atoms with Gasteiger partial charge in [0, 0.05) is 13.0 Å². The normalized spacial score (nSPS) is 14.3. The summed E-state index contributed by atoms with van der Waals surface area (Å²) in [5.74, 6) is -0.392. The number of carbonyl (C=O) groups is 1. The summed E-state index contributed by atoms with van der Waals surface area (Å²) in [5.41, 5.74) is 0. The number of allylic oxidation sites excluding steroid dienone is 4. The average molecular weight is 761 g/mol. The van der Waals surface area contributed by atoms with Gasteiger partial charge in [-0.1, -0.05) is 147 Å². The molecule has 3 unspecified atom stereocenters. The molecule has 0 aromatic rings. The van der Waals surface area contributed by atoms with Crippen LogP contribution in [0.2, 0.25) is 0 Å². The fourth-order valence-electron chi connectivity index (χ4n) is 5.81. The van der Waals surface area contributed by atoms with Crippen molar-refractivity contribution in [3.05, 3.63) is 24.3 Å². The second-order valence-corrected chi connectivity index (χ2v) is 15.8. The van der Waals surface area contributed by atoms with Crippen LogP contribution < -0.4 is 0 Å². The number of hydrogen-bond acceptors (Lipinski definition) is 8. The first-order valence-electron chi connectivity index (χ1n) is 21.3. The van der Waals surface area contributed by atoms with E-state index >= 15 is 0 Å². The molecule has 308 valence electrons. The minimum Gasteiger partial charge on any atom is -0.457 e. The van der Waals surface area contributed by atoms with Gasteiger partial charge in [0.05, 0.1) is 26.4 Å². The minimum atomic E-state index is -4.51. The molecule has 0 amide bonds. The Morgan fingerprint density at radius 1 is 0.577 bits per heavy atom. The van der Waals surface area contributed by atoms with Crippen LogP contribution in [0.3, 0.4) is 0 Å². The van der Waals surface area contributed by atoms with Crippen molar-refractivity contribution in [1.29, 1.82) is 0 Å². The number of aliphatic hydroxyl groups is 2. The van der Waals surface area contributed by atoms with E-state index in [-0.39, 0.29) is 19.6 Å². The number of phosphoric ester groups is 1. The minimum absolute atomic E-state index is 0.0462. The van der Waals surface area contributed by atoms with Crippen LogP contribution in [0.4, 0.5) is 0 Å². The van der Waals surface area contributed by atoms with Gasteiger partial charge in [0.1, 0.15) is 12.2 Å². The van der Waals surface area contributed by atoms with Crippen LogP contribution in [-0.2, 0) is 27.9 Å². The second-order valence-electron chi connectivity index (χ2n) is 14.4. The molecule has 0 aliphatic heterocycles. The standard InChI is InChI=1S/C42H81O9P/c1-3-5-7-9-11-13-15-17-18-19-20-21-23-25-27-29-31-33-35-48-38-41(39-50-52(46,47)49-37-40(44)36-43)51-42(45)34-32-30-28-26-24-22-16-14-12-10-8-6-4-2/h14,16-18,40-41,43-44H,3-13,15,19-39H2,1-2H3,(H,46,47)/b16-14-,18-17-. The van der Waals surface area contributed by atoms with E-state index in [0.29, 0.717) is 6.61 Å². The van der Waals surface area contributed by atoms with E-state index in [1.807, 2.05) is 0 Å². The number of esters is 1. The van der Waals surface area contributed by atoms with Gasteiger partial charge in [-0.3, -0.25) is 13.8 Å². The van der Waals surface area contributed by atoms with Gasteiger partial charge in [-0.05, 0) is 64.2 Å². The Morgan fingerprint density at radius 3 is 1.46 bits per heavy atom. The summed E-state index contributed by atoms with van der Waals surface area (Å²) >= 11 is 0. The van der Waals surface area contributed by atoms with Gasteiger partial charge >= 0.3 is 13.8 Å². The maximum absolute atomic E-state index is 12.6. The molecule has 0 aromatic heterocycles. The Balaban J connectivity index is 4.16. The summed E-state index contributed by atoms with van der Waals surface area (Å²) in [6.45, 7) is 3.49. The van der Waals surface area contributed by atoms with Gasteiger partial charge in [0.25, 0.3) is 0 Å².